The first-order chi connectivity index (χ1) is 8.79. The first-order valence-electron chi connectivity index (χ1n) is 6.18. The molecule has 0 saturated heterocycles. The van der Waals surface area contributed by atoms with Crippen LogP contribution in [0, 0.1) is 6.92 Å². The van der Waals surface area contributed by atoms with Gasteiger partial charge in [-0.1, -0.05) is 36.9 Å². The van der Waals surface area contributed by atoms with Crippen molar-refractivity contribution in [3.05, 3.63) is 40.9 Å². The van der Waals surface area contributed by atoms with E-state index in [0.717, 1.165) is 23.1 Å². The maximum absolute atomic E-state index is 4.50. The second kappa shape index (κ2) is 6.92. The fourth-order valence-electron chi connectivity index (χ4n) is 1.62. The van der Waals surface area contributed by atoms with Crippen molar-refractivity contribution in [1.29, 1.82) is 0 Å². The van der Waals surface area contributed by atoms with Gasteiger partial charge in [-0.05, 0) is 31.5 Å². The van der Waals surface area contributed by atoms with E-state index in [1.54, 1.807) is 23.1 Å². The monoisotopic (exact) mass is 278 g/mol. The van der Waals surface area contributed by atoms with Gasteiger partial charge in [-0.25, -0.2) is 4.98 Å². The van der Waals surface area contributed by atoms with Crippen LogP contribution in [0.5, 0.6) is 0 Å². The second-order valence-corrected chi connectivity index (χ2v) is 6.29. The molecule has 0 bridgehead atoms. The molecule has 0 saturated carbocycles. The second-order valence-electron chi connectivity index (χ2n) is 4.14. The zero-order chi connectivity index (χ0) is 12.8. The largest absolute Gasteiger partial charge is 0.313 e. The summed E-state index contributed by atoms with van der Waals surface area (Å²) >= 11 is 3.47. The van der Waals surface area contributed by atoms with Crippen LogP contribution < -0.4 is 5.32 Å². The number of rotatable bonds is 6. The third kappa shape index (κ3) is 3.83. The molecule has 18 heavy (non-hydrogen) atoms. The van der Waals surface area contributed by atoms with Gasteiger partial charge in [0, 0.05) is 22.5 Å². The number of nitrogens with one attached hydrogen (secondary N) is 1. The average Bonchev–Trinajstić information content (AvgIpc) is 2.77. The van der Waals surface area contributed by atoms with Crippen LogP contribution in [-0.4, -0.2) is 11.5 Å². The molecule has 96 valence electrons. The van der Waals surface area contributed by atoms with Crippen LogP contribution >= 0.6 is 23.1 Å². The maximum atomic E-state index is 4.50. The van der Waals surface area contributed by atoms with Gasteiger partial charge in [0.2, 0.25) is 0 Å². The van der Waals surface area contributed by atoms with E-state index < -0.39 is 0 Å². The van der Waals surface area contributed by atoms with E-state index in [-0.39, 0.29) is 0 Å². The summed E-state index contributed by atoms with van der Waals surface area (Å²) in [5.74, 6) is 0. The number of nitrogens with zero attached hydrogens (tertiary/aromatic N) is 1. The SMILES string of the molecule is CCCNCc1ccccc1Sc1nc(C)cs1. The first-order valence-corrected chi connectivity index (χ1v) is 7.88. The van der Waals surface area contributed by atoms with Crippen LogP contribution in [0.2, 0.25) is 0 Å². The fraction of sp³-hybridized carbons (Fsp3) is 0.357. The summed E-state index contributed by atoms with van der Waals surface area (Å²) in [5, 5.41) is 5.55. The number of aromatic nitrogens is 1. The molecule has 1 heterocycles. The predicted molar refractivity (Wildman–Crippen MR) is 79.4 cm³/mol. The first kappa shape index (κ1) is 13.6. The summed E-state index contributed by atoms with van der Waals surface area (Å²) in [4.78, 5) is 5.81. The minimum atomic E-state index is 0.932. The third-order valence-electron chi connectivity index (χ3n) is 2.51. The molecule has 0 radical (unpaired) electrons. The molecule has 2 rings (SSSR count). The molecule has 0 fully saturated rings. The summed E-state index contributed by atoms with van der Waals surface area (Å²) in [6.45, 7) is 6.22. The molecule has 2 nitrogen and oxygen atoms in total. The van der Waals surface area contributed by atoms with E-state index >= 15 is 0 Å². The Labute approximate surface area is 117 Å². The van der Waals surface area contributed by atoms with E-state index in [1.165, 1.54) is 16.9 Å². The molecule has 0 aliphatic carbocycles. The molecule has 0 atom stereocenters. The minimum Gasteiger partial charge on any atom is -0.313 e. The van der Waals surface area contributed by atoms with Gasteiger partial charge in [0.25, 0.3) is 0 Å². The molecule has 0 aliphatic rings. The smallest absolute Gasteiger partial charge is 0.154 e. The number of benzene rings is 1. The molecule has 4 heteroatoms. The average molecular weight is 278 g/mol. The van der Waals surface area contributed by atoms with Crippen molar-refractivity contribution in [1.82, 2.24) is 10.3 Å². The van der Waals surface area contributed by atoms with Gasteiger partial charge in [-0.2, -0.15) is 0 Å². The van der Waals surface area contributed by atoms with Crippen molar-refractivity contribution in [2.75, 3.05) is 6.54 Å². The Morgan fingerprint density at radius 2 is 2.17 bits per heavy atom. The van der Waals surface area contributed by atoms with Crippen LogP contribution in [0.15, 0.2) is 38.9 Å². The maximum Gasteiger partial charge on any atom is 0.154 e. The molecular weight excluding hydrogens is 260 g/mol. The van der Waals surface area contributed by atoms with Crippen molar-refractivity contribution in [3.8, 4) is 0 Å². The summed E-state index contributed by atoms with van der Waals surface area (Å²) in [6, 6.07) is 8.54. The van der Waals surface area contributed by atoms with Crippen LogP contribution in [0.4, 0.5) is 0 Å². The lowest BCUT2D eigenvalue weighted by molar-refractivity contribution is 0.669. The number of thiazole rings is 1. The fourth-order valence-corrected chi connectivity index (χ4v) is 3.55. The normalized spacial score (nSPS) is 10.8. The molecule has 1 aromatic heterocycles. The van der Waals surface area contributed by atoms with Gasteiger partial charge in [-0.3, -0.25) is 0 Å². The lowest BCUT2D eigenvalue weighted by Crippen LogP contribution is -2.14. The highest BCUT2D eigenvalue weighted by atomic mass is 32.2. The Morgan fingerprint density at radius 3 is 2.89 bits per heavy atom. The molecule has 0 amide bonds. The van der Waals surface area contributed by atoms with Gasteiger partial charge < -0.3 is 5.32 Å². The number of aryl methyl sites for hydroxylation is 1. The Bertz CT molecular complexity index is 494. The highest BCUT2D eigenvalue weighted by Crippen LogP contribution is 2.32. The molecule has 1 N–H and O–H groups in total. The molecule has 0 spiro atoms. The van der Waals surface area contributed by atoms with E-state index in [9.17, 15) is 0 Å². The third-order valence-corrected chi connectivity index (χ3v) is 4.68. The highest BCUT2D eigenvalue weighted by molar-refractivity contribution is 8.01. The highest BCUT2D eigenvalue weighted by Gasteiger charge is 2.06. The predicted octanol–water partition coefficient (Wildman–Crippen LogP) is 4.10. The Balaban J connectivity index is 2.07. The topological polar surface area (TPSA) is 24.9 Å². The van der Waals surface area contributed by atoms with E-state index in [2.05, 4.69) is 46.9 Å². The Hall–Kier alpha value is -0.840. The summed E-state index contributed by atoms with van der Waals surface area (Å²) in [5.41, 5.74) is 2.45. The van der Waals surface area contributed by atoms with Crippen molar-refractivity contribution in [3.63, 3.8) is 0 Å². The van der Waals surface area contributed by atoms with Crippen molar-refractivity contribution in [2.45, 2.75) is 36.0 Å². The summed E-state index contributed by atoms with van der Waals surface area (Å²) in [7, 11) is 0. The van der Waals surface area contributed by atoms with Crippen LogP contribution in [0.25, 0.3) is 0 Å². The lowest BCUT2D eigenvalue weighted by Gasteiger charge is -2.08. The van der Waals surface area contributed by atoms with E-state index in [1.807, 2.05) is 6.92 Å². The van der Waals surface area contributed by atoms with Gasteiger partial charge in [0.05, 0.1) is 0 Å². The molecule has 2 aromatic rings. The molecule has 0 unspecified atom stereocenters. The molecule has 0 aliphatic heterocycles. The standard InChI is InChI=1S/C14H18N2S2/c1-3-8-15-9-12-6-4-5-7-13(12)18-14-16-11(2)10-17-14/h4-7,10,15H,3,8-9H2,1-2H3. The zero-order valence-electron chi connectivity index (χ0n) is 10.8. The van der Waals surface area contributed by atoms with E-state index in [4.69, 9.17) is 0 Å². The zero-order valence-corrected chi connectivity index (χ0v) is 12.4. The Kier molecular flexibility index (Phi) is 5.23. The quantitative estimate of drug-likeness (QED) is 0.805. The van der Waals surface area contributed by atoms with Crippen LogP contribution in [0.3, 0.4) is 0 Å². The number of hydrogen-bond donors (Lipinski definition) is 1. The van der Waals surface area contributed by atoms with Crippen molar-refractivity contribution >= 4 is 23.1 Å². The summed E-state index contributed by atoms with van der Waals surface area (Å²) in [6.07, 6.45) is 1.17. The summed E-state index contributed by atoms with van der Waals surface area (Å²) < 4.78 is 1.12. The molecule has 1 aromatic carbocycles. The molecular formula is C14H18N2S2. The van der Waals surface area contributed by atoms with Crippen LogP contribution in [-0.2, 0) is 6.54 Å². The van der Waals surface area contributed by atoms with Crippen molar-refractivity contribution < 1.29 is 0 Å². The lowest BCUT2D eigenvalue weighted by atomic mass is 10.2. The minimum absolute atomic E-state index is 0.932. The van der Waals surface area contributed by atoms with E-state index in [0.29, 0.717) is 0 Å². The van der Waals surface area contributed by atoms with Gasteiger partial charge in [0.15, 0.2) is 4.34 Å². The van der Waals surface area contributed by atoms with Crippen molar-refractivity contribution in [2.24, 2.45) is 0 Å². The number of hydrogen-bond acceptors (Lipinski definition) is 4. The van der Waals surface area contributed by atoms with Gasteiger partial charge in [0.1, 0.15) is 0 Å². The van der Waals surface area contributed by atoms with Gasteiger partial charge in [-0.15, -0.1) is 11.3 Å². The Morgan fingerprint density at radius 1 is 1.33 bits per heavy atom. The van der Waals surface area contributed by atoms with Gasteiger partial charge >= 0.3 is 0 Å². The van der Waals surface area contributed by atoms with Crippen LogP contribution in [0.1, 0.15) is 24.6 Å².